The number of pyridine rings is 2. The molecule has 3 aromatic rings. The Morgan fingerprint density at radius 2 is 1.92 bits per heavy atom. The number of fused-ring (bicyclic) bond motifs is 1. The summed E-state index contributed by atoms with van der Waals surface area (Å²) < 4.78 is 0. The van der Waals surface area contributed by atoms with E-state index in [1.807, 2.05) is 42.5 Å². The lowest BCUT2D eigenvalue weighted by molar-refractivity contribution is -0.115. The summed E-state index contributed by atoms with van der Waals surface area (Å²) in [5, 5.41) is 2.86. The standard InChI is InChI=1S/C18H11N3O2S/c22-17-16(24-18(23)21-17)10-11-4-5-15-13(9-11)12(6-8-20-15)14-3-1-2-7-19-14/h1-10H,(H,21,22,23)/b16-10+. The Morgan fingerprint density at radius 1 is 1.00 bits per heavy atom. The Labute approximate surface area is 141 Å². The van der Waals surface area contributed by atoms with Crippen molar-refractivity contribution in [2.45, 2.75) is 0 Å². The van der Waals surface area contributed by atoms with Gasteiger partial charge in [0, 0.05) is 23.3 Å². The van der Waals surface area contributed by atoms with E-state index in [9.17, 15) is 9.59 Å². The van der Waals surface area contributed by atoms with Crippen molar-refractivity contribution in [3.05, 3.63) is 65.3 Å². The van der Waals surface area contributed by atoms with Crippen LogP contribution in [0.1, 0.15) is 5.56 Å². The zero-order valence-corrected chi connectivity index (χ0v) is 13.2. The molecule has 1 aliphatic heterocycles. The molecule has 0 aliphatic carbocycles. The third-order valence-corrected chi connectivity index (χ3v) is 4.46. The molecule has 1 fully saturated rings. The summed E-state index contributed by atoms with van der Waals surface area (Å²) >= 11 is 0.908. The van der Waals surface area contributed by atoms with Crippen LogP contribution in [-0.2, 0) is 4.79 Å². The number of nitrogens with zero attached hydrogens (tertiary/aromatic N) is 2. The maximum Gasteiger partial charge on any atom is 0.290 e. The first-order chi connectivity index (χ1) is 11.7. The fraction of sp³-hybridized carbons (Fsp3) is 0. The fourth-order valence-electron chi connectivity index (χ4n) is 2.57. The number of aromatic nitrogens is 2. The number of rotatable bonds is 2. The van der Waals surface area contributed by atoms with Crippen LogP contribution in [0.15, 0.2) is 59.8 Å². The molecule has 1 saturated heterocycles. The molecule has 1 aromatic carbocycles. The highest BCUT2D eigenvalue weighted by Crippen LogP contribution is 2.29. The van der Waals surface area contributed by atoms with Crippen molar-refractivity contribution in [2.75, 3.05) is 0 Å². The number of carbonyl (C=O) groups excluding carboxylic acids is 2. The Kier molecular flexibility index (Phi) is 3.59. The van der Waals surface area contributed by atoms with E-state index in [1.54, 1.807) is 18.5 Å². The lowest BCUT2D eigenvalue weighted by Gasteiger charge is -2.06. The summed E-state index contributed by atoms with van der Waals surface area (Å²) in [5.41, 5.74) is 3.51. The lowest BCUT2D eigenvalue weighted by atomic mass is 10.0. The number of thioether (sulfide) groups is 1. The molecule has 2 amide bonds. The van der Waals surface area contributed by atoms with Crippen molar-refractivity contribution in [2.24, 2.45) is 0 Å². The van der Waals surface area contributed by atoms with Crippen LogP contribution in [0, 0.1) is 0 Å². The number of hydrogen-bond donors (Lipinski definition) is 1. The highest BCUT2D eigenvalue weighted by molar-refractivity contribution is 8.18. The van der Waals surface area contributed by atoms with E-state index < -0.39 is 0 Å². The van der Waals surface area contributed by atoms with Crippen LogP contribution < -0.4 is 5.32 Å². The Hall–Kier alpha value is -2.99. The molecular formula is C18H11N3O2S. The van der Waals surface area contributed by atoms with Crippen LogP contribution in [0.5, 0.6) is 0 Å². The topological polar surface area (TPSA) is 72.0 Å². The minimum absolute atomic E-state index is 0.345. The third-order valence-electron chi connectivity index (χ3n) is 3.65. The third kappa shape index (κ3) is 2.68. The molecule has 2 aromatic heterocycles. The first kappa shape index (κ1) is 14.6. The lowest BCUT2D eigenvalue weighted by Crippen LogP contribution is -2.17. The zero-order valence-electron chi connectivity index (χ0n) is 12.4. The quantitative estimate of drug-likeness (QED) is 0.725. The van der Waals surface area contributed by atoms with E-state index in [-0.39, 0.29) is 11.1 Å². The van der Waals surface area contributed by atoms with Gasteiger partial charge in [0.2, 0.25) is 0 Å². The van der Waals surface area contributed by atoms with Gasteiger partial charge in [0.05, 0.1) is 16.1 Å². The summed E-state index contributed by atoms with van der Waals surface area (Å²) in [6.07, 6.45) is 5.21. The second-order valence-corrected chi connectivity index (χ2v) is 6.22. The van der Waals surface area contributed by atoms with E-state index in [2.05, 4.69) is 15.3 Å². The number of amides is 2. The Morgan fingerprint density at radius 3 is 2.67 bits per heavy atom. The van der Waals surface area contributed by atoms with Crippen LogP contribution in [0.4, 0.5) is 4.79 Å². The van der Waals surface area contributed by atoms with Gasteiger partial charge < -0.3 is 0 Å². The molecule has 0 bridgehead atoms. The average molecular weight is 333 g/mol. The predicted molar refractivity (Wildman–Crippen MR) is 94.1 cm³/mol. The van der Waals surface area contributed by atoms with Gasteiger partial charge in [-0.2, -0.15) is 0 Å². The molecule has 24 heavy (non-hydrogen) atoms. The number of imide groups is 1. The van der Waals surface area contributed by atoms with Crippen LogP contribution in [-0.4, -0.2) is 21.1 Å². The smallest absolute Gasteiger partial charge is 0.282 e. The second kappa shape index (κ2) is 5.90. The Balaban J connectivity index is 1.85. The maximum atomic E-state index is 11.7. The van der Waals surface area contributed by atoms with Gasteiger partial charge in [0.15, 0.2) is 0 Å². The number of hydrogen-bond acceptors (Lipinski definition) is 5. The molecule has 0 spiro atoms. The van der Waals surface area contributed by atoms with Crippen molar-refractivity contribution >= 4 is 39.9 Å². The first-order valence-corrected chi connectivity index (χ1v) is 8.07. The molecule has 5 nitrogen and oxygen atoms in total. The molecule has 0 saturated carbocycles. The molecular weight excluding hydrogens is 322 g/mol. The van der Waals surface area contributed by atoms with Crippen molar-refractivity contribution in [1.29, 1.82) is 0 Å². The van der Waals surface area contributed by atoms with Crippen LogP contribution in [0.25, 0.3) is 28.2 Å². The van der Waals surface area contributed by atoms with Gasteiger partial charge in [-0.25, -0.2) is 0 Å². The minimum atomic E-state index is -0.360. The monoisotopic (exact) mass is 333 g/mol. The van der Waals surface area contributed by atoms with Gasteiger partial charge in [0.1, 0.15) is 0 Å². The highest BCUT2D eigenvalue weighted by Gasteiger charge is 2.24. The van der Waals surface area contributed by atoms with E-state index in [4.69, 9.17) is 0 Å². The van der Waals surface area contributed by atoms with E-state index in [1.165, 1.54) is 0 Å². The summed E-state index contributed by atoms with van der Waals surface area (Å²) in [6.45, 7) is 0. The van der Waals surface area contributed by atoms with E-state index in [0.717, 1.165) is 39.5 Å². The van der Waals surface area contributed by atoms with Gasteiger partial charge in [-0.3, -0.25) is 24.9 Å². The summed E-state index contributed by atoms with van der Waals surface area (Å²) in [6, 6.07) is 13.4. The number of benzene rings is 1. The molecule has 3 heterocycles. The van der Waals surface area contributed by atoms with Gasteiger partial charge >= 0.3 is 0 Å². The predicted octanol–water partition coefficient (Wildman–Crippen LogP) is 3.62. The van der Waals surface area contributed by atoms with Crippen molar-refractivity contribution < 1.29 is 9.59 Å². The van der Waals surface area contributed by atoms with Gasteiger partial charge in [-0.05, 0) is 53.7 Å². The SMILES string of the molecule is O=C1NC(=O)/C(=C\c2ccc3nccc(-c4ccccn4)c3c2)S1. The van der Waals surface area contributed by atoms with Crippen LogP contribution >= 0.6 is 11.8 Å². The molecule has 0 radical (unpaired) electrons. The average Bonchev–Trinajstić information content (AvgIpc) is 2.92. The molecule has 6 heteroatoms. The van der Waals surface area contributed by atoms with Gasteiger partial charge in [-0.15, -0.1) is 0 Å². The Bertz CT molecular complexity index is 1000. The molecule has 0 unspecified atom stereocenters. The second-order valence-electron chi connectivity index (χ2n) is 5.20. The fourth-order valence-corrected chi connectivity index (χ4v) is 3.25. The summed E-state index contributed by atoms with van der Waals surface area (Å²) in [7, 11) is 0. The largest absolute Gasteiger partial charge is 0.290 e. The summed E-state index contributed by atoms with van der Waals surface area (Å²) in [4.78, 5) is 32.1. The van der Waals surface area contributed by atoms with Crippen molar-refractivity contribution in [1.82, 2.24) is 15.3 Å². The van der Waals surface area contributed by atoms with Gasteiger partial charge in [0.25, 0.3) is 11.1 Å². The molecule has 0 atom stereocenters. The highest BCUT2D eigenvalue weighted by atomic mass is 32.2. The molecule has 116 valence electrons. The molecule has 4 rings (SSSR count). The summed E-state index contributed by atoms with van der Waals surface area (Å²) in [5.74, 6) is -0.360. The maximum absolute atomic E-state index is 11.7. The number of nitrogens with one attached hydrogen (secondary N) is 1. The molecule has 1 aliphatic rings. The van der Waals surface area contributed by atoms with Crippen molar-refractivity contribution in [3.63, 3.8) is 0 Å². The number of carbonyl (C=O) groups is 2. The van der Waals surface area contributed by atoms with Crippen LogP contribution in [0.2, 0.25) is 0 Å². The zero-order chi connectivity index (χ0) is 16.5. The van der Waals surface area contributed by atoms with Crippen LogP contribution in [0.3, 0.4) is 0 Å². The normalized spacial score (nSPS) is 15.9. The van der Waals surface area contributed by atoms with Crippen molar-refractivity contribution in [3.8, 4) is 11.3 Å². The van der Waals surface area contributed by atoms with Gasteiger partial charge in [-0.1, -0.05) is 12.1 Å². The first-order valence-electron chi connectivity index (χ1n) is 7.26. The van der Waals surface area contributed by atoms with E-state index in [0.29, 0.717) is 4.91 Å². The molecule has 1 N–H and O–H groups in total. The van der Waals surface area contributed by atoms with E-state index >= 15 is 0 Å². The minimum Gasteiger partial charge on any atom is -0.282 e.